The van der Waals surface area contributed by atoms with E-state index >= 15 is 0 Å². The quantitative estimate of drug-likeness (QED) is 0.161. The lowest BCUT2D eigenvalue weighted by molar-refractivity contribution is -0.142. The molecule has 8 heteroatoms. The lowest BCUT2D eigenvalue weighted by Crippen LogP contribution is -2.54. The van der Waals surface area contributed by atoms with Crippen molar-refractivity contribution in [2.24, 2.45) is 0 Å². The molecule has 0 saturated heterocycles. The van der Waals surface area contributed by atoms with Gasteiger partial charge >= 0.3 is 6.09 Å². The maximum absolute atomic E-state index is 14.1. The van der Waals surface area contributed by atoms with Crippen molar-refractivity contribution >= 4 is 30.5 Å². The van der Waals surface area contributed by atoms with Crippen LogP contribution in [0.5, 0.6) is 0 Å². The first-order valence-corrected chi connectivity index (χ1v) is 15.4. The van der Waals surface area contributed by atoms with Gasteiger partial charge in [0.25, 0.3) is 0 Å². The van der Waals surface area contributed by atoms with E-state index in [0.29, 0.717) is 13.1 Å². The highest BCUT2D eigenvalue weighted by molar-refractivity contribution is 7.80. The third-order valence-corrected chi connectivity index (χ3v) is 7.00. The first-order valence-electron chi connectivity index (χ1n) is 14.8. The number of rotatable bonds is 15. The molecule has 0 aliphatic heterocycles. The molecule has 0 radical (unpaired) electrons. The number of ether oxygens (including phenoxy) is 1. The fourth-order valence-electron chi connectivity index (χ4n) is 4.79. The molecule has 2 unspecified atom stereocenters. The topological polar surface area (TPSA) is 87.7 Å². The molecule has 2 aromatic rings. The van der Waals surface area contributed by atoms with Crippen LogP contribution in [0.2, 0.25) is 0 Å². The van der Waals surface area contributed by atoms with Crippen LogP contribution in [0.1, 0.15) is 94.5 Å². The van der Waals surface area contributed by atoms with E-state index in [1.807, 2.05) is 62.4 Å². The molecule has 2 atom stereocenters. The van der Waals surface area contributed by atoms with Gasteiger partial charge in [0.1, 0.15) is 17.7 Å². The number of hydrogen-bond donors (Lipinski definition) is 3. The average Bonchev–Trinajstić information content (AvgIpc) is 2.90. The number of benzene rings is 2. The van der Waals surface area contributed by atoms with E-state index in [1.165, 1.54) is 6.42 Å². The normalized spacial score (nSPS) is 12.8. The molecule has 41 heavy (non-hydrogen) atoms. The monoisotopic (exact) mass is 583 g/mol. The summed E-state index contributed by atoms with van der Waals surface area (Å²) in [6.07, 6.45) is 5.53. The summed E-state index contributed by atoms with van der Waals surface area (Å²) in [4.78, 5) is 42.3. The van der Waals surface area contributed by atoms with Crippen molar-refractivity contribution in [1.29, 1.82) is 0 Å². The molecule has 3 amide bonds. The van der Waals surface area contributed by atoms with Crippen molar-refractivity contribution in [3.8, 4) is 0 Å². The molecule has 226 valence electrons. The Labute approximate surface area is 252 Å². The number of nitrogens with zero attached hydrogens (tertiary/aromatic N) is 1. The van der Waals surface area contributed by atoms with Crippen molar-refractivity contribution in [2.75, 3.05) is 12.3 Å². The largest absolute Gasteiger partial charge is 0.444 e. The van der Waals surface area contributed by atoms with Gasteiger partial charge in [0.2, 0.25) is 11.8 Å². The Morgan fingerprint density at radius 1 is 0.927 bits per heavy atom. The second-order valence-corrected chi connectivity index (χ2v) is 12.1. The molecule has 2 aromatic carbocycles. The molecule has 0 spiro atoms. The third kappa shape index (κ3) is 12.2. The Morgan fingerprint density at radius 2 is 1.54 bits per heavy atom. The molecule has 0 fully saturated rings. The standard InChI is InChI=1S/C33H49N3O4S/c1-7-8-9-10-11-15-18-36(31(38)28(23-41)35-32(39)40-33(4,5)6)29(27-20-24(2)19-25(3)21-27)30(37)34-22-26-16-13-12-14-17-26/h12-14,16-17,19-21,28-29,41H,7-11,15,18,22-23H2,1-6H3,(H,34,37)(H,35,39). The summed E-state index contributed by atoms with van der Waals surface area (Å²) in [5.41, 5.74) is 3.00. The zero-order chi connectivity index (χ0) is 30.4. The van der Waals surface area contributed by atoms with Gasteiger partial charge in [-0.1, -0.05) is 98.7 Å². The number of alkyl carbamates (subject to hydrolysis) is 1. The van der Waals surface area contributed by atoms with Crippen LogP contribution < -0.4 is 10.6 Å². The van der Waals surface area contributed by atoms with Crippen molar-refractivity contribution in [3.05, 3.63) is 70.8 Å². The second kappa shape index (κ2) is 17.1. The van der Waals surface area contributed by atoms with E-state index in [0.717, 1.165) is 54.4 Å². The van der Waals surface area contributed by atoms with E-state index in [4.69, 9.17) is 4.74 Å². The zero-order valence-electron chi connectivity index (χ0n) is 25.7. The fraction of sp³-hybridized carbons (Fsp3) is 0.545. The predicted octanol–water partition coefficient (Wildman–Crippen LogP) is 6.67. The summed E-state index contributed by atoms with van der Waals surface area (Å²) in [5, 5.41) is 5.74. The summed E-state index contributed by atoms with van der Waals surface area (Å²) >= 11 is 4.39. The SMILES string of the molecule is CCCCCCCCN(C(=O)C(CS)NC(=O)OC(C)(C)C)C(C(=O)NCc1ccccc1)c1cc(C)cc(C)c1. The lowest BCUT2D eigenvalue weighted by Gasteiger charge is -2.34. The van der Waals surface area contributed by atoms with Crippen molar-refractivity contribution in [2.45, 2.75) is 104 Å². The molecule has 0 aliphatic carbocycles. The summed E-state index contributed by atoms with van der Waals surface area (Å²) in [5.74, 6) is -0.567. The Balaban J connectivity index is 2.43. The fourth-order valence-corrected chi connectivity index (χ4v) is 5.03. The molecule has 0 aromatic heterocycles. The van der Waals surface area contributed by atoms with Gasteiger partial charge in [-0.05, 0) is 52.2 Å². The number of thiol groups is 1. The second-order valence-electron chi connectivity index (χ2n) is 11.7. The predicted molar refractivity (Wildman–Crippen MR) is 169 cm³/mol. The van der Waals surface area contributed by atoms with Crippen molar-refractivity contribution in [1.82, 2.24) is 15.5 Å². The van der Waals surface area contributed by atoms with E-state index < -0.39 is 23.8 Å². The van der Waals surface area contributed by atoms with Gasteiger partial charge in [-0.25, -0.2) is 4.79 Å². The number of unbranched alkanes of at least 4 members (excludes halogenated alkanes) is 5. The number of amides is 3. The van der Waals surface area contributed by atoms with Crippen LogP contribution in [0.25, 0.3) is 0 Å². The molecule has 0 saturated carbocycles. The van der Waals surface area contributed by atoms with Crippen LogP contribution in [-0.2, 0) is 20.9 Å². The minimum Gasteiger partial charge on any atom is -0.444 e. The first-order chi connectivity index (χ1) is 19.4. The maximum atomic E-state index is 14.1. The smallest absolute Gasteiger partial charge is 0.408 e. The Hall–Kier alpha value is -3.00. The highest BCUT2D eigenvalue weighted by atomic mass is 32.1. The number of hydrogen-bond acceptors (Lipinski definition) is 5. The number of aryl methyl sites for hydroxylation is 2. The van der Waals surface area contributed by atoms with Crippen LogP contribution in [0.3, 0.4) is 0 Å². The third-order valence-electron chi connectivity index (χ3n) is 6.64. The molecule has 0 aliphatic rings. The van der Waals surface area contributed by atoms with Crippen molar-refractivity contribution < 1.29 is 19.1 Å². The number of nitrogens with one attached hydrogen (secondary N) is 2. The average molecular weight is 584 g/mol. The Morgan fingerprint density at radius 3 is 2.12 bits per heavy atom. The van der Waals surface area contributed by atoms with Crippen LogP contribution in [0.4, 0.5) is 4.79 Å². The van der Waals surface area contributed by atoms with Crippen LogP contribution in [-0.4, -0.2) is 46.7 Å². The highest BCUT2D eigenvalue weighted by Crippen LogP contribution is 2.26. The van der Waals surface area contributed by atoms with Gasteiger partial charge in [0, 0.05) is 18.8 Å². The first kappa shape index (κ1) is 34.2. The minimum absolute atomic E-state index is 0.0657. The summed E-state index contributed by atoms with van der Waals surface area (Å²) in [6, 6.07) is 13.8. The van der Waals surface area contributed by atoms with Crippen LogP contribution in [0, 0.1) is 13.8 Å². The van der Waals surface area contributed by atoms with Gasteiger partial charge in [0.15, 0.2) is 0 Å². The van der Waals surface area contributed by atoms with Gasteiger partial charge in [-0.2, -0.15) is 12.6 Å². The minimum atomic E-state index is -0.955. The number of carbonyl (C=O) groups is 3. The number of carbonyl (C=O) groups excluding carboxylic acids is 3. The summed E-state index contributed by atoms with van der Waals surface area (Å²) in [6.45, 7) is 12.2. The molecule has 0 bridgehead atoms. The van der Waals surface area contributed by atoms with Crippen LogP contribution in [0.15, 0.2) is 48.5 Å². The molecule has 0 heterocycles. The molecule has 2 N–H and O–H groups in total. The molecular formula is C33H49N3O4S. The Bertz CT molecular complexity index is 1100. The maximum Gasteiger partial charge on any atom is 0.408 e. The summed E-state index contributed by atoms with van der Waals surface area (Å²) < 4.78 is 5.41. The lowest BCUT2D eigenvalue weighted by atomic mass is 9.98. The van der Waals surface area contributed by atoms with Gasteiger partial charge in [-0.3, -0.25) is 9.59 Å². The van der Waals surface area contributed by atoms with Gasteiger partial charge < -0.3 is 20.3 Å². The summed E-state index contributed by atoms with van der Waals surface area (Å²) in [7, 11) is 0. The van der Waals surface area contributed by atoms with E-state index in [1.54, 1.807) is 25.7 Å². The van der Waals surface area contributed by atoms with E-state index in [-0.39, 0.29) is 17.6 Å². The molecule has 7 nitrogen and oxygen atoms in total. The molecule has 2 rings (SSSR count). The van der Waals surface area contributed by atoms with E-state index in [2.05, 4.69) is 30.2 Å². The Kier molecular flexibility index (Phi) is 14.2. The zero-order valence-corrected chi connectivity index (χ0v) is 26.6. The van der Waals surface area contributed by atoms with Crippen LogP contribution >= 0.6 is 12.6 Å². The molecular weight excluding hydrogens is 534 g/mol. The highest BCUT2D eigenvalue weighted by Gasteiger charge is 2.35. The van der Waals surface area contributed by atoms with Crippen molar-refractivity contribution in [3.63, 3.8) is 0 Å². The van der Waals surface area contributed by atoms with Gasteiger partial charge in [-0.15, -0.1) is 0 Å². The van der Waals surface area contributed by atoms with E-state index in [9.17, 15) is 14.4 Å². The van der Waals surface area contributed by atoms with Gasteiger partial charge in [0.05, 0.1) is 0 Å².